The third-order valence-corrected chi connectivity index (χ3v) is 4.75. The first-order valence-electron chi connectivity index (χ1n) is 6.61. The Labute approximate surface area is 116 Å². The van der Waals surface area contributed by atoms with Gasteiger partial charge in [0.1, 0.15) is 0 Å². The molecule has 1 amide bonds. The molecule has 0 bridgehead atoms. The van der Waals surface area contributed by atoms with E-state index in [4.69, 9.17) is 9.47 Å². The molecule has 1 aromatic carbocycles. The van der Waals surface area contributed by atoms with Gasteiger partial charge in [-0.15, -0.1) is 11.8 Å². The highest BCUT2D eigenvalue weighted by atomic mass is 32.2. The summed E-state index contributed by atoms with van der Waals surface area (Å²) in [6.07, 6.45) is 3.39. The fourth-order valence-electron chi connectivity index (χ4n) is 2.30. The lowest BCUT2D eigenvalue weighted by atomic mass is 10.1. The van der Waals surface area contributed by atoms with Crippen LogP contribution in [0.15, 0.2) is 18.2 Å². The van der Waals surface area contributed by atoms with Gasteiger partial charge in [-0.3, -0.25) is 4.79 Å². The van der Waals surface area contributed by atoms with Gasteiger partial charge in [0.2, 0.25) is 12.7 Å². The molecule has 2 aliphatic rings. The van der Waals surface area contributed by atoms with Crippen molar-refractivity contribution >= 4 is 17.7 Å². The summed E-state index contributed by atoms with van der Waals surface area (Å²) in [6, 6.07) is 5.78. The maximum Gasteiger partial charge on any atom is 0.233 e. The average Bonchev–Trinajstić information content (AvgIpc) is 2.93. The Hall–Kier alpha value is -1.36. The number of hydrogen-bond donors (Lipinski definition) is 1. The number of nitrogens with one attached hydrogen (secondary N) is 1. The third-order valence-electron chi connectivity index (χ3n) is 3.38. The first-order valence-corrected chi connectivity index (χ1v) is 7.65. The molecule has 0 spiro atoms. The van der Waals surface area contributed by atoms with Crippen LogP contribution in [0.2, 0.25) is 0 Å². The number of benzene rings is 1. The van der Waals surface area contributed by atoms with E-state index in [1.807, 2.05) is 18.2 Å². The van der Waals surface area contributed by atoms with Crippen LogP contribution >= 0.6 is 11.8 Å². The van der Waals surface area contributed by atoms with E-state index in [2.05, 4.69) is 5.32 Å². The molecule has 1 atom stereocenters. The number of thioether (sulfide) groups is 1. The van der Waals surface area contributed by atoms with Crippen molar-refractivity contribution in [1.82, 2.24) is 5.32 Å². The van der Waals surface area contributed by atoms with Crippen molar-refractivity contribution in [2.45, 2.75) is 31.1 Å². The monoisotopic (exact) mass is 279 g/mol. The van der Waals surface area contributed by atoms with Gasteiger partial charge in [-0.05, 0) is 36.3 Å². The van der Waals surface area contributed by atoms with Crippen molar-refractivity contribution in [3.05, 3.63) is 23.8 Å². The van der Waals surface area contributed by atoms with E-state index in [9.17, 15) is 4.79 Å². The first-order chi connectivity index (χ1) is 9.33. The SMILES string of the molecule is O=C(NCc1ccc2c(c1)OCO2)C1CCCCS1. The first kappa shape index (κ1) is 12.7. The van der Waals surface area contributed by atoms with Gasteiger partial charge in [0, 0.05) is 6.54 Å². The number of fused-ring (bicyclic) bond motifs is 1. The largest absolute Gasteiger partial charge is 0.454 e. The lowest BCUT2D eigenvalue weighted by Crippen LogP contribution is -2.33. The minimum atomic E-state index is 0.128. The predicted octanol–water partition coefficient (Wildman–Crippen LogP) is 2.32. The van der Waals surface area contributed by atoms with E-state index in [-0.39, 0.29) is 18.0 Å². The fourth-order valence-corrected chi connectivity index (χ4v) is 3.52. The molecular formula is C14H17NO3S. The minimum absolute atomic E-state index is 0.128. The molecule has 3 rings (SSSR count). The maximum absolute atomic E-state index is 12.0. The molecule has 102 valence electrons. The van der Waals surface area contributed by atoms with E-state index >= 15 is 0 Å². The second kappa shape index (κ2) is 5.74. The molecule has 1 aromatic rings. The van der Waals surface area contributed by atoms with Crippen LogP contribution in [0.1, 0.15) is 24.8 Å². The molecule has 19 heavy (non-hydrogen) atoms. The van der Waals surface area contributed by atoms with Gasteiger partial charge in [0.15, 0.2) is 11.5 Å². The number of carbonyl (C=O) groups is 1. The van der Waals surface area contributed by atoms with Crippen LogP contribution in [0.5, 0.6) is 11.5 Å². The van der Waals surface area contributed by atoms with Crippen LogP contribution in [0.3, 0.4) is 0 Å². The normalized spacial score (nSPS) is 21.2. The van der Waals surface area contributed by atoms with Crippen LogP contribution < -0.4 is 14.8 Å². The Morgan fingerprint density at radius 2 is 2.21 bits per heavy atom. The molecule has 4 nitrogen and oxygen atoms in total. The smallest absolute Gasteiger partial charge is 0.233 e. The van der Waals surface area contributed by atoms with Gasteiger partial charge < -0.3 is 14.8 Å². The molecule has 0 aliphatic carbocycles. The zero-order valence-electron chi connectivity index (χ0n) is 10.7. The van der Waals surface area contributed by atoms with Gasteiger partial charge >= 0.3 is 0 Å². The quantitative estimate of drug-likeness (QED) is 0.922. The van der Waals surface area contributed by atoms with Crippen molar-refractivity contribution in [3.63, 3.8) is 0 Å². The van der Waals surface area contributed by atoms with Crippen LogP contribution in [-0.2, 0) is 11.3 Å². The van der Waals surface area contributed by atoms with Gasteiger partial charge in [0.05, 0.1) is 5.25 Å². The Kier molecular flexibility index (Phi) is 3.82. The van der Waals surface area contributed by atoms with E-state index in [1.165, 1.54) is 6.42 Å². The van der Waals surface area contributed by atoms with Crippen LogP contribution in [0, 0.1) is 0 Å². The van der Waals surface area contributed by atoms with Crippen LogP contribution in [0.4, 0.5) is 0 Å². The molecule has 1 unspecified atom stereocenters. The zero-order chi connectivity index (χ0) is 13.1. The summed E-state index contributed by atoms with van der Waals surface area (Å²) in [6.45, 7) is 0.830. The molecular weight excluding hydrogens is 262 g/mol. The van der Waals surface area contributed by atoms with Crippen LogP contribution in [-0.4, -0.2) is 23.7 Å². The standard InChI is InChI=1S/C14H17NO3S/c16-14(13-3-1-2-6-19-13)15-8-10-4-5-11-12(7-10)18-9-17-11/h4-5,7,13H,1-3,6,8-9H2,(H,15,16). The van der Waals surface area contributed by atoms with Crippen molar-refractivity contribution in [1.29, 1.82) is 0 Å². The maximum atomic E-state index is 12.0. The van der Waals surface area contributed by atoms with Crippen molar-refractivity contribution < 1.29 is 14.3 Å². The Morgan fingerprint density at radius 3 is 3.05 bits per heavy atom. The summed E-state index contributed by atoms with van der Waals surface area (Å²) in [5.41, 5.74) is 1.04. The molecule has 1 saturated heterocycles. The summed E-state index contributed by atoms with van der Waals surface area (Å²) < 4.78 is 10.6. The number of hydrogen-bond acceptors (Lipinski definition) is 4. The molecule has 2 aliphatic heterocycles. The highest BCUT2D eigenvalue weighted by Gasteiger charge is 2.21. The van der Waals surface area contributed by atoms with E-state index < -0.39 is 0 Å². The molecule has 0 aromatic heterocycles. The van der Waals surface area contributed by atoms with E-state index in [0.717, 1.165) is 35.7 Å². The third kappa shape index (κ3) is 2.97. The Bertz CT molecular complexity index is 472. The van der Waals surface area contributed by atoms with Crippen LogP contribution in [0.25, 0.3) is 0 Å². The average molecular weight is 279 g/mol. The molecule has 0 saturated carbocycles. The van der Waals surface area contributed by atoms with Crippen molar-refractivity contribution in [2.75, 3.05) is 12.5 Å². The lowest BCUT2D eigenvalue weighted by molar-refractivity contribution is -0.120. The van der Waals surface area contributed by atoms with Crippen molar-refractivity contribution in [2.24, 2.45) is 0 Å². The Balaban J connectivity index is 1.55. The highest BCUT2D eigenvalue weighted by molar-refractivity contribution is 8.00. The number of carbonyl (C=O) groups excluding carboxylic acids is 1. The summed E-state index contributed by atoms with van der Waals surface area (Å²) in [4.78, 5) is 12.0. The topological polar surface area (TPSA) is 47.6 Å². The van der Waals surface area contributed by atoms with E-state index in [1.54, 1.807) is 11.8 Å². The summed E-state index contributed by atoms with van der Waals surface area (Å²) >= 11 is 1.77. The lowest BCUT2D eigenvalue weighted by Gasteiger charge is -2.20. The fraction of sp³-hybridized carbons (Fsp3) is 0.500. The van der Waals surface area contributed by atoms with Gasteiger partial charge in [-0.25, -0.2) is 0 Å². The Morgan fingerprint density at radius 1 is 1.32 bits per heavy atom. The molecule has 1 N–H and O–H groups in total. The molecule has 2 heterocycles. The molecule has 5 heteroatoms. The number of amides is 1. The van der Waals surface area contributed by atoms with Gasteiger partial charge in [0.25, 0.3) is 0 Å². The number of ether oxygens (including phenoxy) is 2. The van der Waals surface area contributed by atoms with E-state index in [0.29, 0.717) is 6.54 Å². The van der Waals surface area contributed by atoms with Gasteiger partial charge in [-0.1, -0.05) is 12.5 Å². The highest BCUT2D eigenvalue weighted by Crippen LogP contribution is 2.32. The predicted molar refractivity (Wildman–Crippen MR) is 74.5 cm³/mol. The van der Waals surface area contributed by atoms with Crippen molar-refractivity contribution in [3.8, 4) is 11.5 Å². The van der Waals surface area contributed by atoms with Gasteiger partial charge in [-0.2, -0.15) is 0 Å². The zero-order valence-corrected chi connectivity index (χ0v) is 11.5. The summed E-state index contributed by atoms with van der Waals surface area (Å²) in [5, 5.41) is 3.13. The molecule has 1 fully saturated rings. The second-order valence-corrected chi connectivity index (χ2v) is 6.07. The number of rotatable bonds is 3. The minimum Gasteiger partial charge on any atom is -0.454 e. The molecule has 0 radical (unpaired) electrons. The summed E-state index contributed by atoms with van der Waals surface area (Å²) in [5.74, 6) is 2.79. The summed E-state index contributed by atoms with van der Waals surface area (Å²) in [7, 11) is 0. The second-order valence-electron chi connectivity index (χ2n) is 4.76.